The second-order valence-corrected chi connectivity index (χ2v) is 15.3. The number of alkyl halides is 6. The highest BCUT2D eigenvalue weighted by molar-refractivity contribution is 6.12. The highest BCUT2D eigenvalue weighted by Gasteiger charge is 2.39. The number of para-hydroxylation sites is 2. The lowest BCUT2D eigenvalue weighted by atomic mass is 9.94. The van der Waals surface area contributed by atoms with Crippen LogP contribution < -0.4 is 0 Å². The van der Waals surface area contributed by atoms with E-state index in [0.717, 1.165) is 49.9 Å². The van der Waals surface area contributed by atoms with Gasteiger partial charge < -0.3 is 9.13 Å². The molecule has 11 heteroatoms. The molecule has 0 N–H and O–H groups in total. The number of halogens is 6. The number of hydrogen-bond acceptors (Lipinski definition) is 3. The Morgan fingerprint density at radius 2 is 0.844 bits per heavy atom. The van der Waals surface area contributed by atoms with Gasteiger partial charge in [0.25, 0.3) is 0 Å². The Bertz CT molecular complexity index is 3500. The fourth-order valence-electron chi connectivity index (χ4n) is 8.80. The lowest BCUT2D eigenvalue weighted by Gasteiger charge is -2.21. The normalized spacial score (nSPS) is 11.9. The molecule has 0 bridgehead atoms. The Kier molecular flexibility index (Phi) is 9.14. The zero-order chi connectivity index (χ0) is 44.5. The summed E-state index contributed by atoms with van der Waals surface area (Å²) in [6.07, 6.45) is -10.2. The number of hydrogen-bond donors (Lipinski definition) is 0. The maximum absolute atomic E-state index is 15.0. The molecular weight excluding hydrogens is 821 g/mol. The van der Waals surface area contributed by atoms with Crippen molar-refractivity contribution in [2.45, 2.75) is 12.4 Å². The summed E-state index contributed by atoms with van der Waals surface area (Å²) in [4.78, 5) is 0. The molecule has 0 saturated heterocycles. The van der Waals surface area contributed by atoms with E-state index in [9.17, 15) is 29.0 Å². The van der Waals surface area contributed by atoms with E-state index in [4.69, 9.17) is 0 Å². The molecule has 10 aromatic rings. The van der Waals surface area contributed by atoms with Crippen molar-refractivity contribution in [2.75, 3.05) is 0 Å². The molecule has 10 rings (SSSR count). The zero-order valence-electron chi connectivity index (χ0n) is 33.1. The molecule has 0 aliphatic heterocycles. The third-order valence-electron chi connectivity index (χ3n) is 11.6. The van der Waals surface area contributed by atoms with Crippen molar-refractivity contribution in [1.29, 1.82) is 15.8 Å². The molecule has 64 heavy (non-hydrogen) atoms. The largest absolute Gasteiger partial charge is 0.417 e. The summed E-state index contributed by atoms with van der Waals surface area (Å²) in [6, 6.07) is 51.5. The predicted octanol–water partition coefficient (Wildman–Crippen LogP) is 14.5. The van der Waals surface area contributed by atoms with Crippen molar-refractivity contribution in [3.63, 3.8) is 0 Å². The molecular formula is C53H27F6N5. The van der Waals surface area contributed by atoms with Gasteiger partial charge >= 0.3 is 12.4 Å². The third kappa shape index (κ3) is 6.48. The van der Waals surface area contributed by atoms with Gasteiger partial charge in [0.05, 0.1) is 67.8 Å². The highest BCUT2D eigenvalue weighted by Crippen LogP contribution is 2.45. The first-order chi connectivity index (χ1) is 30.9. The number of benzene rings is 8. The van der Waals surface area contributed by atoms with E-state index < -0.39 is 29.0 Å². The number of nitrogens with zero attached hydrogens (tertiary/aromatic N) is 5. The second-order valence-electron chi connectivity index (χ2n) is 15.3. The average molecular weight is 848 g/mol. The molecule has 0 aliphatic carbocycles. The summed E-state index contributed by atoms with van der Waals surface area (Å²) >= 11 is 0. The summed E-state index contributed by atoms with van der Waals surface area (Å²) in [5.41, 5.74) is 3.54. The van der Waals surface area contributed by atoms with Crippen LogP contribution in [0.5, 0.6) is 0 Å². The summed E-state index contributed by atoms with van der Waals surface area (Å²) in [6.45, 7) is 0. The van der Waals surface area contributed by atoms with Crippen LogP contribution in [0.25, 0.3) is 88.4 Å². The van der Waals surface area contributed by atoms with Gasteiger partial charge in [-0.3, -0.25) is 0 Å². The zero-order valence-corrected chi connectivity index (χ0v) is 33.1. The molecule has 306 valence electrons. The smallest absolute Gasteiger partial charge is 0.308 e. The Labute approximate surface area is 360 Å². The maximum Gasteiger partial charge on any atom is 0.417 e. The van der Waals surface area contributed by atoms with Gasteiger partial charge in [-0.15, -0.1) is 0 Å². The fraction of sp³-hybridized carbons (Fsp3) is 0.0377. The predicted molar refractivity (Wildman–Crippen MR) is 236 cm³/mol. The maximum atomic E-state index is 15.0. The van der Waals surface area contributed by atoms with Gasteiger partial charge in [-0.1, -0.05) is 78.9 Å². The van der Waals surface area contributed by atoms with Gasteiger partial charge in [0, 0.05) is 21.5 Å². The van der Waals surface area contributed by atoms with Crippen LogP contribution in [0, 0.1) is 34.0 Å². The van der Waals surface area contributed by atoms with Crippen molar-refractivity contribution in [3.05, 3.63) is 192 Å². The molecule has 0 amide bonds. The molecule has 0 spiro atoms. The van der Waals surface area contributed by atoms with Crippen molar-refractivity contribution >= 4 is 43.6 Å². The summed E-state index contributed by atoms with van der Waals surface area (Å²) in [5, 5.41) is 33.5. The molecule has 0 saturated carbocycles. The Morgan fingerprint density at radius 3 is 1.30 bits per heavy atom. The van der Waals surface area contributed by atoms with Crippen LogP contribution in [-0.4, -0.2) is 9.13 Å². The highest BCUT2D eigenvalue weighted by atomic mass is 19.4. The minimum Gasteiger partial charge on any atom is -0.308 e. The number of nitriles is 3. The fourth-order valence-corrected chi connectivity index (χ4v) is 8.80. The molecule has 2 heterocycles. The molecule has 2 aromatic heterocycles. The molecule has 5 nitrogen and oxygen atoms in total. The SMILES string of the molecule is N#Cc1cccc(-c2ccc3c(c2)c2ccccc2n3-c2cc(-c3ccc(C(F)(F)F)cc3C(F)(F)F)cc(-n3c4ccccc4c4cc(-c5cccc(C#N)c5)ccc43)c2C#N)c1. The van der Waals surface area contributed by atoms with Gasteiger partial charge in [-0.25, -0.2) is 0 Å². The number of rotatable bonds is 5. The monoisotopic (exact) mass is 847 g/mol. The van der Waals surface area contributed by atoms with Crippen LogP contribution >= 0.6 is 0 Å². The quantitative estimate of drug-likeness (QED) is 0.162. The van der Waals surface area contributed by atoms with Gasteiger partial charge in [0.15, 0.2) is 0 Å². The van der Waals surface area contributed by atoms with E-state index in [1.165, 1.54) is 12.1 Å². The lowest BCUT2D eigenvalue weighted by Crippen LogP contribution is -2.12. The first-order valence-electron chi connectivity index (χ1n) is 19.8. The second kappa shape index (κ2) is 14.8. The van der Waals surface area contributed by atoms with Crippen LogP contribution in [0.15, 0.2) is 164 Å². The summed E-state index contributed by atoms with van der Waals surface area (Å²) in [5.74, 6) is 0. The topological polar surface area (TPSA) is 81.2 Å². The molecule has 0 radical (unpaired) electrons. The number of aromatic nitrogens is 2. The minimum atomic E-state index is -5.19. The standard InChI is InChI=1S/C53H27F6N5/c54-52(55,56)38-17-18-39(45(27-38)53(57,58)59)37-25-50(63-46-13-3-1-11-40(46)42-23-35(15-19-48(42)63)33-9-5-7-31(21-33)28-60)44(30-62)51(26-37)64-47-14-4-2-12-41(47)43-24-36(16-20-49(43)64)34-10-6-8-32(22-34)29-61/h1-27H. The van der Waals surface area contributed by atoms with E-state index in [1.807, 2.05) is 84.9 Å². The van der Waals surface area contributed by atoms with Crippen LogP contribution in [0.1, 0.15) is 27.8 Å². The average Bonchev–Trinajstić information content (AvgIpc) is 3.82. The van der Waals surface area contributed by atoms with Crippen molar-refractivity contribution in [1.82, 2.24) is 9.13 Å². The van der Waals surface area contributed by atoms with Crippen molar-refractivity contribution in [2.24, 2.45) is 0 Å². The summed E-state index contributed by atoms with van der Waals surface area (Å²) < 4.78 is 90.6. The Morgan fingerprint density at radius 1 is 0.375 bits per heavy atom. The van der Waals surface area contributed by atoms with Crippen LogP contribution in [-0.2, 0) is 12.4 Å². The van der Waals surface area contributed by atoms with E-state index in [1.54, 1.807) is 57.7 Å². The van der Waals surface area contributed by atoms with E-state index in [2.05, 4.69) is 18.2 Å². The Hall–Kier alpha value is -8.59. The molecule has 0 aliphatic rings. The van der Waals surface area contributed by atoms with E-state index in [-0.39, 0.29) is 28.6 Å². The molecule has 8 aromatic carbocycles. The lowest BCUT2D eigenvalue weighted by molar-refractivity contribution is -0.142. The van der Waals surface area contributed by atoms with Gasteiger partial charge in [0.2, 0.25) is 0 Å². The third-order valence-corrected chi connectivity index (χ3v) is 11.6. The summed E-state index contributed by atoms with van der Waals surface area (Å²) in [7, 11) is 0. The minimum absolute atomic E-state index is 0.0724. The first kappa shape index (κ1) is 39.5. The Balaban J connectivity index is 1.32. The van der Waals surface area contributed by atoms with Gasteiger partial charge in [-0.2, -0.15) is 42.1 Å². The van der Waals surface area contributed by atoms with Gasteiger partial charge in [-0.05, 0) is 118 Å². The molecule has 0 fully saturated rings. The van der Waals surface area contributed by atoms with E-state index in [0.29, 0.717) is 39.3 Å². The number of fused-ring (bicyclic) bond motifs is 6. The van der Waals surface area contributed by atoms with Gasteiger partial charge in [0.1, 0.15) is 11.6 Å². The van der Waals surface area contributed by atoms with Crippen molar-refractivity contribution < 1.29 is 26.3 Å². The first-order valence-corrected chi connectivity index (χ1v) is 19.8. The molecule has 0 unspecified atom stereocenters. The van der Waals surface area contributed by atoms with Crippen molar-refractivity contribution in [3.8, 4) is 63.0 Å². The molecule has 0 atom stereocenters. The van der Waals surface area contributed by atoms with Crippen LogP contribution in [0.3, 0.4) is 0 Å². The van der Waals surface area contributed by atoms with Crippen LogP contribution in [0.2, 0.25) is 0 Å². The van der Waals surface area contributed by atoms with E-state index >= 15 is 13.2 Å². The van der Waals surface area contributed by atoms with Crippen LogP contribution in [0.4, 0.5) is 26.3 Å².